The summed E-state index contributed by atoms with van der Waals surface area (Å²) in [4.78, 5) is 4.76. The standard InChI is InChI=1S/C3H9NO2P2/c1-3-6-4-8(7)5-2/h4H,3H2,1-2H3. The van der Waals surface area contributed by atoms with Crippen molar-refractivity contribution >= 4 is 15.7 Å². The molecule has 1 unspecified atom stereocenters. The molecule has 0 aromatic heterocycles. The van der Waals surface area contributed by atoms with E-state index in [2.05, 4.69) is 13.6 Å². The molecule has 48 valence electrons. The first-order chi connectivity index (χ1) is 3.81. The van der Waals surface area contributed by atoms with Crippen molar-refractivity contribution in [1.29, 1.82) is 0 Å². The Kier molecular flexibility index (Phi) is 6.18. The Morgan fingerprint density at radius 3 is 2.75 bits per heavy atom. The van der Waals surface area contributed by atoms with Crippen molar-refractivity contribution in [3.8, 4) is 0 Å². The van der Waals surface area contributed by atoms with Crippen molar-refractivity contribution in [2.75, 3.05) is 13.7 Å². The van der Waals surface area contributed by atoms with Crippen molar-refractivity contribution < 1.29 is 9.36 Å². The molecule has 0 aliphatic heterocycles. The summed E-state index contributed by atoms with van der Waals surface area (Å²) in [6.45, 7) is 2.52. The normalized spacial score (nSPS) is 11.4. The third-order valence-electron chi connectivity index (χ3n) is 0.460. The van der Waals surface area contributed by atoms with Crippen LogP contribution in [0, 0.1) is 0 Å². The van der Waals surface area contributed by atoms with Crippen LogP contribution in [0.25, 0.3) is 0 Å². The van der Waals surface area contributed by atoms with E-state index in [0.717, 1.165) is 0 Å². The molecule has 0 aliphatic carbocycles. The van der Waals surface area contributed by atoms with Gasteiger partial charge in [0.1, 0.15) is 0 Å². The Morgan fingerprint density at radius 1 is 1.75 bits per heavy atom. The van der Waals surface area contributed by atoms with Gasteiger partial charge in [0, 0.05) is 0 Å². The molecular formula is C3H9NO2P2. The Bertz CT molecular complexity index is 108. The molecule has 0 saturated carbocycles. The fourth-order valence-corrected chi connectivity index (χ4v) is 0.644. The molecule has 0 saturated heterocycles. The van der Waals surface area contributed by atoms with Crippen molar-refractivity contribution in [3.63, 3.8) is 0 Å². The Hall–Kier alpha value is 0.610. The summed E-state index contributed by atoms with van der Waals surface area (Å²) in [7, 11) is 4.68. The van der Waals surface area contributed by atoms with Gasteiger partial charge in [0.25, 0.3) is 0 Å². The zero-order chi connectivity index (χ0) is 6.41. The second-order valence-electron chi connectivity index (χ2n) is 0.980. The summed E-state index contributed by atoms with van der Waals surface area (Å²) in [6.07, 6.45) is 0. The molecule has 0 spiro atoms. The van der Waals surface area contributed by atoms with Crippen molar-refractivity contribution in [2.45, 2.75) is 6.92 Å². The summed E-state index contributed by atoms with van der Waals surface area (Å²) in [6, 6.07) is 0. The van der Waals surface area contributed by atoms with E-state index in [1.54, 1.807) is 7.11 Å². The minimum atomic E-state index is -0.862. The van der Waals surface area contributed by atoms with Gasteiger partial charge < -0.3 is 0 Å². The van der Waals surface area contributed by atoms with Crippen LogP contribution < -0.4 is 5.25 Å². The van der Waals surface area contributed by atoms with Crippen LogP contribution in [0.3, 0.4) is 0 Å². The van der Waals surface area contributed by atoms with Gasteiger partial charge in [0.2, 0.25) is 0 Å². The summed E-state index contributed by atoms with van der Waals surface area (Å²) in [5, 5.41) is 2.59. The molecule has 0 fully saturated rings. The third-order valence-corrected chi connectivity index (χ3v) is 1.83. The first kappa shape index (κ1) is 8.61. The average molecular weight is 153 g/mol. The summed E-state index contributed by atoms with van der Waals surface area (Å²) < 4.78 is 4.75. The van der Waals surface area contributed by atoms with Gasteiger partial charge in [-0.05, 0) is 0 Å². The molecule has 0 aliphatic rings. The van der Waals surface area contributed by atoms with E-state index in [-0.39, 0.29) is 0 Å². The predicted octanol–water partition coefficient (Wildman–Crippen LogP) is 1.81. The first-order valence-corrected chi connectivity index (χ1v) is 4.63. The van der Waals surface area contributed by atoms with E-state index in [4.69, 9.17) is 9.36 Å². The van der Waals surface area contributed by atoms with Crippen LogP contribution in [0.1, 0.15) is 6.92 Å². The van der Waals surface area contributed by atoms with Gasteiger partial charge in [0.15, 0.2) is 0 Å². The zero-order valence-corrected chi connectivity index (χ0v) is 6.71. The molecule has 0 amide bonds. The van der Waals surface area contributed by atoms with Crippen LogP contribution in [0.4, 0.5) is 0 Å². The molecule has 8 heavy (non-hydrogen) atoms. The van der Waals surface area contributed by atoms with Gasteiger partial charge in [0.05, 0.1) is 0 Å². The Morgan fingerprint density at radius 2 is 2.38 bits per heavy atom. The van der Waals surface area contributed by atoms with Crippen molar-refractivity contribution in [2.24, 2.45) is 0 Å². The predicted molar refractivity (Wildman–Crippen MR) is 35.6 cm³/mol. The summed E-state index contributed by atoms with van der Waals surface area (Å²) in [5.74, 6) is 0. The SMILES string of the molecule is CCONP(#P)OC. The van der Waals surface area contributed by atoms with Crippen LogP contribution in [0.2, 0.25) is 0 Å². The van der Waals surface area contributed by atoms with E-state index in [1.165, 1.54) is 0 Å². The van der Waals surface area contributed by atoms with Crippen molar-refractivity contribution in [1.82, 2.24) is 5.25 Å². The monoisotopic (exact) mass is 153 g/mol. The number of hydrogen-bond acceptors (Lipinski definition) is 3. The third kappa shape index (κ3) is 4.76. The van der Waals surface area contributed by atoms with Crippen LogP contribution in [0.15, 0.2) is 0 Å². The molecule has 0 radical (unpaired) electrons. The van der Waals surface area contributed by atoms with Gasteiger partial charge in [-0.2, -0.15) is 0 Å². The molecule has 0 heterocycles. The first-order valence-electron chi connectivity index (χ1n) is 2.21. The van der Waals surface area contributed by atoms with E-state index in [0.29, 0.717) is 6.61 Å². The van der Waals surface area contributed by atoms with E-state index < -0.39 is 7.40 Å². The molecule has 1 atom stereocenters. The summed E-state index contributed by atoms with van der Waals surface area (Å²) >= 11 is 0. The van der Waals surface area contributed by atoms with Crippen LogP contribution in [0.5, 0.6) is 0 Å². The van der Waals surface area contributed by atoms with E-state index in [1.807, 2.05) is 6.92 Å². The van der Waals surface area contributed by atoms with Crippen molar-refractivity contribution in [3.05, 3.63) is 0 Å². The Labute approximate surface area is 51.9 Å². The van der Waals surface area contributed by atoms with Crippen LogP contribution in [-0.2, 0) is 9.36 Å². The van der Waals surface area contributed by atoms with E-state index >= 15 is 0 Å². The molecule has 1 N–H and O–H groups in total. The Balaban J connectivity index is 3.04. The molecule has 0 aromatic rings. The van der Waals surface area contributed by atoms with Crippen LogP contribution >= 0.6 is 15.7 Å². The fraction of sp³-hybridized carbons (Fsp3) is 1.00. The zero-order valence-electron chi connectivity index (χ0n) is 4.92. The maximum absolute atomic E-state index is 4.76. The van der Waals surface area contributed by atoms with E-state index in [9.17, 15) is 0 Å². The molecule has 3 nitrogen and oxygen atoms in total. The van der Waals surface area contributed by atoms with Gasteiger partial charge in [-0.1, -0.05) is 0 Å². The summed E-state index contributed by atoms with van der Waals surface area (Å²) in [5.41, 5.74) is 0. The molecule has 0 aromatic carbocycles. The minimum absolute atomic E-state index is 0.628. The maximum atomic E-state index is 4.76. The van der Waals surface area contributed by atoms with Crippen LogP contribution in [-0.4, -0.2) is 13.7 Å². The number of nitrogens with one attached hydrogen (secondary N) is 1. The molecular weight excluding hydrogens is 144 g/mol. The topological polar surface area (TPSA) is 30.5 Å². The molecule has 0 rings (SSSR count). The second-order valence-corrected chi connectivity index (χ2v) is 3.16. The average Bonchev–Trinajstić information content (AvgIpc) is 1.83. The molecule has 0 bridgehead atoms. The fourth-order valence-electron chi connectivity index (χ4n) is 0.157. The molecule has 5 heteroatoms. The number of rotatable bonds is 2. The van der Waals surface area contributed by atoms with Gasteiger partial charge in [-0.3, -0.25) is 0 Å². The number of hydrogen-bond donors (Lipinski definition) is 1. The quantitative estimate of drug-likeness (QED) is 0.484. The van der Waals surface area contributed by atoms with Gasteiger partial charge in [-0.15, -0.1) is 0 Å². The van der Waals surface area contributed by atoms with Gasteiger partial charge in [-0.25, -0.2) is 0 Å². The van der Waals surface area contributed by atoms with Gasteiger partial charge >= 0.3 is 51.0 Å². The second kappa shape index (κ2) is 5.74.